The van der Waals surface area contributed by atoms with Crippen LogP contribution in [-0.4, -0.2) is 5.91 Å². The summed E-state index contributed by atoms with van der Waals surface area (Å²) >= 11 is 3.18. The first kappa shape index (κ1) is 14.5. The molecule has 104 valence electrons. The number of carbonyl (C=O) groups excluding carboxylic acids is 1. The van der Waals surface area contributed by atoms with Crippen LogP contribution in [0.5, 0.6) is 0 Å². The molecule has 0 saturated heterocycles. The second kappa shape index (κ2) is 6.05. The summed E-state index contributed by atoms with van der Waals surface area (Å²) < 4.78 is 13.4. The molecule has 0 spiro atoms. The summed E-state index contributed by atoms with van der Waals surface area (Å²) in [4.78, 5) is 12.2. The number of anilines is 1. The summed E-state index contributed by atoms with van der Waals surface area (Å²) in [5.74, 6) is -0.663. The highest BCUT2D eigenvalue weighted by molar-refractivity contribution is 9.10. The van der Waals surface area contributed by atoms with E-state index in [2.05, 4.69) is 21.2 Å². The fraction of sp³-hybridized carbons (Fsp3) is 0.133. The lowest BCUT2D eigenvalue weighted by Gasteiger charge is -2.15. The van der Waals surface area contributed by atoms with Crippen molar-refractivity contribution >= 4 is 27.5 Å². The molecule has 5 heteroatoms. The van der Waals surface area contributed by atoms with Gasteiger partial charge in [-0.1, -0.05) is 12.1 Å². The average molecular weight is 337 g/mol. The van der Waals surface area contributed by atoms with Crippen LogP contribution in [-0.2, 0) is 0 Å². The lowest BCUT2D eigenvalue weighted by atomic mass is 10.1. The van der Waals surface area contributed by atoms with E-state index in [4.69, 9.17) is 5.73 Å². The largest absolute Gasteiger partial charge is 0.399 e. The third kappa shape index (κ3) is 3.36. The van der Waals surface area contributed by atoms with Crippen molar-refractivity contribution in [1.82, 2.24) is 5.32 Å². The van der Waals surface area contributed by atoms with Gasteiger partial charge in [-0.2, -0.15) is 0 Å². The topological polar surface area (TPSA) is 55.1 Å². The number of carbonyl (C=O) groups is 1. The average Bonchev–Trinajstić information content (AvgIpc) is 2.38. The van der Waals surface area contributed by atoms with E-state index in [1.54, 1.807) is 6.07 Å². The van der Waals surface area contributed by atoms with Gasteiger partial charge in [-0.15, -0.1) is 0 Å². The molecule has 1 amide bonds. The minimum Gasteiger partial charge on any atom is -0.399 e. The molecule has 20 heavy (non-hydrogen) atoms. The fourth-order valence-corrected chi connectivity index (χ4v) is 2.39. The van der Waals surface area contributed by atoms with E-state index in [1.165, 1.54) is 18.2 Å². The van der Waals surface area contributed by atoms with Crippen LogP contribution in [0.25, 0.3) is 0 Å². The molecule has 2 rings (SSSR count). The van der Waals surface area contributed by atoms with E-state index < -0.39 is 5.82 Å². The Bertz CT molecular complexity index is 646. The van der Waals surface area contributed by atoms with Crippen LogP contribution >= 0.6 is 15.9 Å². The van der Waals surface area contributed by atoms with E-state index in [-0.39, 0.29) is 11.9 Å². The Kier molecular flexibility index (Phi) is 4.39. The van der Waals surface area contributed by atoms with Gasteiger partial charge in [-0.25, -0.2) is 4.39 Å². The van der Waals surface area contributed by atoms with Crippen molar-refractivity contribution in [2.24, 2.45) is 0 Å². The molecule has 0 aliphatic heterocycles. The molecule has 0 bridgehead atoms. The van der Waals surface area contributed by atoms with Gasteiger partial charge in [0.05, 0.1) is 11.6 Å². The van der Waals surface area contributed by atoms with E-state index in [1.807, 2.05) is 25.1 Å². The van der Waals surface area contributed by atoms with Gasteiger partial charge in [0.25, 0.3) is 5.91 Å². The molecule has 0 radical (unpaired) electrons. The summed E-state index contributed by atoms with van der Waals surface area (Å²) in [7, 11) is 0. The van der Waals surface area contributed by atoms with E-state index >= 15 is 0 Å². The first-order valence-corrected chi connectivity index (χ1v) is 6.88. The normalized spacial score (nSPS) is 11.9. The molecule has 3 N–H and O–H groups in total. The zero-order valence-corrected chi connectivity index (χ0v) is 12.4. The van der Waals surface area contributed by atoms with Gasteiger partial charge in [0.1, 0.15) is 5.82 Å². The third-order valence-corrected chi connectivity index (χ3v) is 3.59. The van der Waals surface area contributed by atoms with Crippen LogP contribution in [0.4, 0.5) is 10.1 Å². The maximum absolute atomic E-state index is 13.0. The van der Waals surface area contributed by atoms with Crippen molar-refractivity contribution in [3.05, 3.63) is 63.9 Å². The molecule has 2 aromatic carbocycles. The Morgan fingerprint density at radius 1 is 1.30 bits per heavy atom. The summed E-state index contributed by atoms with van der Waals surface area (Å²) in [6, 6.07) is 11.1. The Morgan fingerprint density at radius 2 is 2.05 bits per heavy atom. The molecule has 0 aliphatic rings. The van der Waals surface area contributed by atoms with E-state index in [0.29, 0.717) is 15.7 Å². The van der Waals surface area contributed by atoms with Gasteiger partial charge in [-0.3, -0.25) is 4.79 Å². The number of halogens is 2. The Labute approximate surface area is 125 Å². The van der Waals surface area contributed by atoms with Gasteiger partial charge in [0, 0.05) is 10.2 Å². The van der Waals surface area contributed by atoms with Crippen molar-refractivity contribution in [2.75, 3.05) is 5.73 Å². The highest BCUT2D eigenvalue weighted by Crippen LogP contribution is 2.20. The van der Waals surface area contributed by atoms with Gasteiger partial charge in [0.2, 0.25) is 0 Å². The second-order valence-corrected chi connectivity index (χ2v) is 5.34. The number of rotatable bonds is 3. The van der Waals surface area contributed by atoms with Gasteiger partial charge < -0.3 is 11.1 Å². The Hall–Kier alpha value is -1.88. The molecule has 0 aliphatic carbocycles. The molecule has 0 aromatic heterocycles. The standard InChI is InChI=1S/C15H14BrFN2O/c1-9(10-3-2-4-12(18)7-10)19-15(20)13-6-5-11(17)8-14(13)16/h2-9H,18H2,1H3,(H,19,20). The molecule has 1 unspecified atom stereocenters. The molecule has 2 aromatic rings. The molecule has 3 nitrogen and oxygen atoms in total. The molecule has 0 saturated carbocycles. The number of benzene rings is 2. The Balaban J connectivity index is 2.15. The summed E-state index contributed by atoms with van der Waals surface area (Å²) in [6.07, 6.45) is 0. The molecule has 0 fully saturated rings. The van der Waals surface area contributed by atoms with Crippen molar-refractivity contribution in [2.45, 2.75) is 13.0 Å². The third-order valence-electron chi connectivity index (χ3n) is 2.93. The SMILES string of the molecule is CC(NC(=O)c1ccc(F)cc1Br)c1cccc(N)c1. The van der Waals surface area contributed by atoms with Crippen LogP contribution in [0.1, 0.15) is 28.9 Å². The zero-order chi connectivity index (χ0) is 14.7. The first-order chi connectivity index (χ1) is 9.47. The lowest BCUT2D eigenvalue weighted by Crippen LogP contribution is -2.27. The van der Waals surface area contributed by atoms with E-state index in [9.17, 15) is 9.18 Å². The monoisotopic (exact) mass is 336 g/mol. The van der Waals surface area contributed by atoms with Gasteiger partial charge in [0.15, 0.2) is 0 Å². The highest BCUT2D eigenvalue weighted by atomic mass is 79.9. The van der Waals surface area contributed by atoms with Gasteiger partial charge in [-0.05, 0) is 58.7 Å². The van der Waals surface area contributed by atoms with Crippen LogP contribution < -0.4 is 11.1 Å². The quantitative estimate of drug-likeness (QED) is 0.840. The minimum absolute atomic E-state index is 0.192. The fourth-order valence-electron chi connectivity index (χ4n) is 1.86. The Morgan fingerprint density at radius 3 is 2.70 bits per heavy atom. The van der Waals surface area contributed by atoms with Crippen LogP contribution in [0.3, 0.4) is 0 Å². The second-order valence-electron chi connectivity index (χ2n) is 4.49. The smallest absolute Gasteiger partial charge is 0.252 e. The molecule has 0 heterocycles. The minimum atomic E-state index is -0.391. The number of nitrogens with one attached hydrogen (secondary N) is 1. The summed E-state index contributed by atoms with van der Waals surface area (Å²) in [5.41, 5.74) is 7.67. The van der Waals surface area contributed by atoms with Crippen molar-refractivity contribution < 1.29 is 9.18 Å². The van der Waals surface area contributed by atoms with Crippen molar-refractivity contribution in [3.63, 3.8) is 0 Å². The predicted molar refractivity (Wildman–Crippen MR) is 80.8 cm³/mol. The number of hydrogen-bond acceptors (Lipinski definition) is 2. The summed E-state index contributed by atoms with van der Waals surface area (Å²) in [5, 5.41) is 2.85. The van der Waals surface area contributed by atoms with Crippen LogP contribution in [0.15, 0.2) is 46.9 Å². The first-order valence-electron chi connectivity index (χ1n) is 6.08. The highest BCUT2D eigenvalue weighted by Gasteiger charge is 2.14. The number of amides is 1. The number of nitrogen functional groups attached to an aromatic ring is 1. The van der Waals surface area contributed by atoms with Crippen molar-refractivity contribution in [1.29, 1.82) is 0 Å². The van der Waals surface area contributed by atoms with Crippen LogP contribution in [0.2, 0.25) is 0 Å². The number of hydrogen-bond donors (Lipinski definition) is 2. The van der Waals surface area contributed by atoms with Crippen LogP contribution in [0, 0.1) is 5.82 Å². The molecule has 1 atom stereocenters. The van der Waals surface area contributed by atoms with Gasteiger partial charge >= 0.3 is 0 Å². The predicted octanol–water partition coefficient (Wildman–Crippen LogP) is 3.66. The molecular formula is C15H14BrFN2O. The maximum atomic E-state index is 13.0. The number of nitrogens with two attached hydrogens (primary N) is 1. The lowest BCUT2D eigenvalue weighted by molar-refractivity contribution is 0.0939. The van der Waals surface area contributed by atoms with E-state index in [0.717, 1.165) is 5.56 Å². The maximum Gasteiger partial charge on any atom is 0.252 e. The molecular weight excluding hydrogens is 323 g/mol. The van der Waals surface area contributed by atoms with Crippen molar-refractivity contribution in [3.8, 4) is 0 Å². The zero-order valence-electron chi connectivity index (χ0n) is 10.9. The summed E-state index contributed by atoms with van der Waals surface area (Å²) in [6.45, 7) is 1.87.